The van der Waals surface area contributed by atoms with Gasteiger partial charge in [0, 0.05) is 25.5 Å². The molecule has 0 saturated carbocycles. The van der Waals surface area contributed by atoms with Crippen LogP contribution in [0.25, 0.3) is 10.8 Å². The smallest absolute Gasteiger partial charge is 0.275 e. The first-order chi connectivity index (χ1) is 10.6. The maximum absolute atomic E-state index is 12.8. The maximum Gasteiger partial charge on any atom is 0.275 e. The van der Waals surface area contributed by atoms with Crippen LogP contribution < -0.4 is 5.56 Å². The van der Waals surface area contributed by atoms with Crippen LogP contribution in [-0.4, -0.2) is 46.4 Å². The number of rotatable bonds is 2. The minimum absolute atomic E-state index is 0.0662. The fourth-order valence-electron chi connectivity index (χ4n) is 2.76. The molecule has 116 valence electrons. The zero-order valence-electron chi connectivity index (χ0n) is 12.8. The number of amides is 1. The van der Waals surface area contributed by atoms with Crippen LogP contribution in [0.2, 0.25) is 0 Å². The lowest BCUT2D eigenvalue weighted by atomic mass is 10.1. The third-order valence-electron chi connectivity index (χ3n) is 4.04. The zero-order chi connectivity index (χ0) is 15.7. The standard InChI is InChI=1S/C16H19N3O3/c1-3-11-10-19(8-9-22-11)16(21)14-12-6-4-5-7-13(12)15(20)18(2)17-14/h4-7,11H,3,8-10H2,1-2H3/t11-/m1/s1. The molecule has 1 aliphatic rings. The molecule has 0 unspecified atom stereocenters. The maximum atomic E-state index is 12.8. The van der Waals surface area contributed by atoms with Crippen LogP contribution in [0.3, 0.4) is 0 Å². The van der Waals surface area contributed by atoms with Crippen molar-refractivity contribution in [3.05, 3.63) is 40.3 Å². The van der Waals surface area contributed by atoms with Crippen molar-refractivity contribution in [3.63, 3.8) is 0 Å². The number of carbonyl (C=O) groups is 1. The molecule has 22 heavy (non-hydrogen) atoms. The second-order valence-electron chi connectivity index (χ2n) is 5.48. The van der Waals surface area contributed by atoms with Gasteiger partial charge in [-0.3, -0.25) is 9.59 Å². The molecule has 0 bridgehead atoms. The molecule has 2 heterocycles. The van der Waals surface area contributed by atoms with Crippen molar-refractivity contribution in [1.29, 1.82) is 0 Å². The molecule has 0 radical (unpaired) electrons. The van der Waals surface area contributed by atoms with E-state index in [1.54, 1.807) is 30.1 Å². The van der Waals surface area contributed by atoms with Crippen LogP contribution in [0.5, 0.6) is 0 Å². The normalized spacial score (nSPS) is 18.6. The van der Waals surface area contributed by atoms with E-state index in [1.807, 2.05) is 13.0 Å². The van der Waals surface area contributed by atoms with Gasteiger partial charge in [0.05, 0.1) is 18.1 Å². The Bertz CT molecular complexity index is 769. The lowest BCUT2D eigenvalue weighted by molar-refractivity contribution is -0.0228. The first-order valence-corrected chi connectivity index (χ1v) is 7.48. The molecule has 1 aromatic carbocycles. The van der Waals surface area contributed by atoms with Gasteiger partial charge in [-0.25, -0.2) is 4.68 Å². The van der Waals surface area contributed by atoms with Crippen molar-refractivity contribution in [2.24, 2.45) is 7.05 Å². The van der Waals surface area contributed by atoms with E-state index in [0.29, 0.717) is 36.2 Å². The SMILES string of the molecule is CC[C@@H]1CN(C(=O)c2nn(C)c(=O)c3ccccc23)CCO1. The molecule has 6 nitrogen and oxygen atoms in total. The minimum atomic E-state index is -0.194. The summed E-state index contributed by atoms with van der Waals surface area (Å²) in [4.78, 5) is 26.7. The molecule has 6 heteroatoms. The predicted octanol–water partition coefficient (Wildman–Crippen LogP) is 1.18. The second-order valence-corrected chi connectivity index (χ2v) is 5.48. The first kappa shape index (κ1) is 14.7. The predicted molar refractivity (Wildman–Crippen MR) is 82.9 cm³/mol. The fourth-order valence-corrected chi connectivity index (χ4v) is 2.76. The molecule has 0 N–H and O–H groups in total. The van der Waals surface area contributed by atoms with E-state index in [4.69, 9.17) is 4.74 Å². The van der Waals surface area contributed by atoms with Crippen LogP contribution in [0, 0.1) is 0 Å². The van der Waals surface area contributed by atoms with Crippen molar-refractivity contribution in [2.75, 3.05) is 19.7 Å². The Morgan fingerprint density at radius 1 is 1.36 bits per heavy atom. The van der Waals surface area contributed by atoms with Gasteiger partial charge in [0.25, 0.3) is 11.5 Å². The van der Waals surface area contributed by atoms with Gasteiger partial charge >= 0.3 is 0 Å². The van der Waals surface area contributed by atoms with E-state index in [2.05, 4.69) is 5.10 Å². The number of morpholine rings is 1. The van der Waals surface area contributed by atoms with Gasteiger partial charge in [-0.05, 0) is 12.5 Å². The molecule has 0 spiro atoms. The third-order valence-corrected chi connectivity index (χ3v) is 4.04. The Morgan fingerprint density at radius 3 is 2.82 bits per heavy atom. The summed E-state index contributed by atoms with van der Waals surface area (Å²) in [5.41, 5.74) is 0.134. The lowest BCUT2D eigenvalue weighted by Gasteiger charge is -2.32. The third kappa shape index (κ3) is 2.50. The van der Waals surface area contributed by atoms with Gasteiger partial charge in [-0.15, -0.1) is 0 Å². The average molecular weight is 301 g/mol. The Balaban J connectivity index is 2.04. The highest BCUT2D eigenvalue weighted by Crippen LogP contribution is 2.17. The number of benzene rings is 1. The molecular weight excluding hydrogens is 282 g/mol. The van der Waals surface area contributed by atoms with E-state index < -0.39 is 0 Å². The molecule has 1 atom stereocenters. The zero-order valence-corrected chi connectivity index (χ0v) is 12.8. The molecule has 1 aliphatic heterocycles. The van der Waals surface area contributed by atoms with E-state index in [-0.39, 0.29) is 17.6 Å². The highest BCUT2D eigenvalue weighted by molar-refractivity contribution is 6.04. The Morgan fingerprint density at radius 2 is 2.09 bits per heavy atom. The molecular formula is C16H19N3O3. The highest BCUT2D eigenvalue weighted by atomic mass is 16.5. The Kier molecular flexibility index (Phi) is 3.94. The number of hydrogen-bond acceptors (Lipinski definition) is 4. The van der Waals surface area contributed by atoms with Gasteiger partial charge < -0.3 is 9.64 Å². The summed E-state index contributed by atoms with van der Waals surface area (Å²) < 4.78 is 6.83. The Hall–Kier alpha value is -2.21. The molecule has 1 aromatic heterocycles. The molecule has 1 amide bonds. The molecule has 2 aromatic rings. The van der Waals surface area contributed by atoms with Gasteiger partial charge in [0.1, 0.15) is 0 Å². The summed E-state index contributed by atoms with van der Waals surface area (Å²) in [5, 5.41) is 5.32. The van der Waals surface area contributed by atoms with Gasteiger partial charge in [-0.2, -0.15) is 5.10 Å². The van der Waals surface area contributed by atoms with E-state index in [1.165, 1.54) is 4.68 Å². The highest BCUT2D eigenvalue weighted by Gasteiger charge is 2.26. The van der Waals surface area contributed by atoms with E-state index >= 15 is 0 Å². The molecule has 3 rings (SSSR count). The van der Waals surface area contributed by atoms with Gasteiger partial charge in [-0.1, -0.05) is 25.1 Å². The topological polar surface area (TPSA) is 64.4 Å². The lowest BCUT2D eigenvalue weighted by Crippen LogP contribution is -2.46. The second kappa shape index (κ2) is 5.88. The number of hydrogen-bond donors (Lipinski definition) is 0. The van der Waals surface area contributed by atoms with Gasteiger partial charge in [0.15, 0.2) is 5.69 Å². The molecule has 1 saturated heterocycles. The van der Waals surface area contributed by atoms with Crippen molar-refractivity contribution in [3.8, 4) is 0 Å². The number of nitrogens with zero attached hydrogens (tertiary/aromatic N) is 3. The summed E-state index contributed by atoms with van der Waals surface area (Å²) in [6.45, 7) is 3.69. The van der Waals surface area contributed by atoms with Crippen molar-refractivity contribution < 1.29 is 9.53 Å². The molecule has 0 aliphatic carbocycles. The number of aromatic nitrogens is 2. The van der Waals surface area contributed by atoms with Crippen LogP contribution in [0.1, 0.15) is 23.8 Å². The molecule has 1 fully saturated rings. The summed E-state index contributed by atoms with van der Waals surface area (Å²) in [6, 6.07) is 7.10. The van der Waals surface area contributed by atoms with Crippen LogP contribution >= 0.6 is 0 Å². The summed E-state index contributed by atoms with van der Waals surface area (Å²) >= 11 is 0. The van der Waals surface area contributed by atoms with Crippen LogP contribution in [-0.2, 0) is 11.8 Å². The fraction of sp³-hybridized carbons (Fsp3) is 0.438. The van der Waals surface area contributed by atoms with Crippen molar-refractivity contribution >= 4 is 16.7 Å². The van der Waals surface area contributed by atoms with Gasteiger partial charge in [0.2, 0.25) is 0 Å². The van der Waals surface area contributed by atoms with E-state index in [0.717, 1.165) is 6.42 Å². The first-order valence-electron chi connectivity index (χ1n) is 7.48. The van der Waals surface area contributed by atoms with Crippen LogP contribution in [0.4, 0.5) is 0 Å². The van der Waals surface area contributed by atoms with Crippen molar-refractivity contribution in [1.82, 2.24) is 14.7 Å². The quantitative estimate of drug-likeness (QED) is 0.835. The number of carbonyl (C=O) groups excluding carboxylic acids is 1. The average Bonchev–Trinajstić information content (AvgIpc) is 2.57. The summed E-state index contributed by atoms with van der Waals surface area (Å²) in [7, 11) is 1.57. The van der Waals surface area contributed by atoms with E-state index in [9.17, 15) is 9.59 Å². The summed E-state index contributed by atoms with van der Waals surface area (Å²) in [6.07, 6.45) is 0.933. The monoisotopic (exact) mass is 301 g/mol. The number of aryl methyl sites for hydroxylation is 1. The Labute approximate surface area is 128 Å². The van der Waals surface area contributed by atoms with Crippen molar-refractivity contribution in [2.45, 2.75) is 19.4 Å². The summed E-state index contributed by atoms with van der Waals surface area (Å²) in [5.74, 6) is -0.145. The number of fused-ring (bicyclic) bond motifs is 1. The minimum Gasteiger partial charge on any atom is -0.375 e. The number of ether oxygens (including phenoxy) is 1. The largest absolute Gasteiger partial charge is 0.375 e. The van der Waals surface area contributed by atoms with Crippen LogP contribution in [0.15, 0.2) is 29.1 Å².